The molecule has 0 saturated carbocycles. The number of carbonyl (C=O) groups excluding carboxylic acids is 1. The third kappa shape index (κ3) is 6.08. The number of ether oxygens (including phenoxy) is 2. The predicted molar refractivity (Wildman–Crippen MR) is 151 cm³/mol. The molecule has 0 aliphatic carbocycles. The van der Waals surface area contributed by atoms with Crippen molar-refractivity contribution in [1.82, 2.24) is 14.5 Å². The van der Waals surface area contributed by atoms with Crippen molar-refractivity contribution in [3.63, 3.8) is 0 Å². The average Bonchev–Trinajstić information content (AvgIpc) is 3.49. The Kier molecular flexibility index (Phi) is 8.17. The van der Waals surface area contributed by atoms with Crippen LogP contribution in [0, 0.1) is 0 Å². The molecule has 4 rings (SSSR count). The molecule has 0 radical (unpaired) electrons. The van der Waals surface area contributed by atoms with Gasteiger partial charge in [-0.05, 0) is 37.2 Å². The Hall–Kier alpha value is -3.22. The number of carbonyl (C=O) groups is 1. The van der Waals surface area contributed by atoms with Crippen LogP contribution in [-0.4, -0.2) is 35.9 Å². The van der Waals surface area contributed by atoms with Crippen LogP contribution in [-0.2, 0) is 21.9 Å². The second-order valence-electron chi connectivity index (χ2n) is 10.9. The van der Waals surface area contributed by atoms with Crippen molar-refractivity contribution in [2.24, 2.45) is 0 Å². The maximum atomic E-state index is 13.6. The lowest BCUT2D eigenvalue weighted by molar-refractivity contribution is -0.139. The van der Waals surface area contributed by atoms with E-state index in [1.165, 1.54) is 32.2 Å². The minimum absolute atomic E-state index is 0.0379. The molecular weight excluding hydrogens is 559 g/mol. The van der Waals surface area contributed by atoms with Crippen molar-refractivity contribution in [3.05, 3.63) is 70.6 Å². The molecule has 0 saturated heterocycles. The molecule has 3 heterocycles. The standard InChI is InChI=1S/C28H32F3N3O4SSi/c1-17(19-10-8-9-11-20(19)28(29,30)31)38-23-13-24(39-25(23)26(35)36-5)34-16-33-21-14-32-18(12-22(21)34)15-37-40(6,7)27(2,3)4/h8-14,16-17H,15H2,1-7H3. The number of imidazole rings is 1. The van der Waals surface area contributed by atoms with Crippen LogP contribution in [0.25, 0.3) is 16.0 Å². The summed E-state index contributed by atoms with van der Waals surface area (Å²) in [6, 6.07) is 8.71. The largest absolute Gasteiger partial charge is 0.484 e. The van der Waals surface area contributed by atoms with Crippen LogP contribution >= 0.6 is 11.3 Å². The van der Waals surface area contributed by atoms with Crippen molar-refractivity contribution in [2.45, 2.75) is 64.7 Å². The van der Waals surface area contributed by atoms with Crippen LogP contribution in [0.3, 0.4) is 0 Å². The predicted octanol–water partition coefficient (Wildman–Crippen LogP) is 7.95. The van der Waals surface area contributed by atoms with Gasteiger partial charge in [-0.25, -0.2) is 9.78 Å². The molecule has 0 aliphatic rings. The van der Waals surface area contributed by atoms with Gasteiger partial charge in [-0.3, -0.25) is 9.55 Å². The van der Waals surface area contributed by atoms with Gasteiger partial charge in [-0.15, -0.1) is 11.3 Å². The number of thiophene rings is 1. The lowest BCUT2D eigenvalue weighted by atomic mass is 10.0. The SMILES string of the molecule is COC(=O)c1sc(-n2cnc3cnc(CO[Si](C)(C)C(C)(C)C)cc32)cc1OC(C)c1ccccc1C(F)(F)F. The van der Waals surface area contributed by atoms with E-state index in [4.69, 9.17) is 13.9 Å². The minimum Gasteiger partial charge on any atom is -0.484 e. The molecule has 0 amide bonds. The number of nitrogens with zero attached hydrogens (tertiary/aromatic N) is 3. The zero-order valence-corrected chi connectivity index (χ0v) is 25.2. The van der Waals surface area contributed by atoms with Crippen LogP contribution in [0.2, 0.25) is 18.1 Å². The highest BCUT2D eigenvalue weighted by atomic mass is 32.1. The number of esters is 1. The van der Waals surface area contributed by atoms with Gasteiger partial charge in [-0.1, -0.05) is 39.0 Å². The van der Waals surface area contributed by atoms with Gasteiger partial charge in [-0.2, -0.15) is 13.2 Å². The van der Waals surface area contributed by atoms with Crippen molar-refractivity contribution < 1.29 is 31.9 Å². The first-order valence-electron chi connectivity index (χ1n) is 12.6. The molecule has 0 N–H and O–H groups in total. The van der Waals surface area contributed by atoms with Gasteiger partial charge in [0.15, 0.2) is 13.2 Å². The number of pyridine rings is 1. The molecule has 1 atom stereocenters. The summed E-state index contributed by atoms with van der Waals surface area (Å²) in [4.78, 5) is 21.7. The smallest absolute Gasteiger partial charge is 0.416 e. The molecule has 4 aromatic rings. The lowest BCUT2D eigenvalue weighted by Crippen LogP contribution is -2.40. The summed E-state index contributed by atoms with van der Waals surface area (Å²) in [5, 5.41) is 0.630. The van der Waals surface area contributed by atoms with Crippen LogP contribution in [0.1, 0.15) is 60.3 Å². The molecule has 7 nitrogen and oxygen atoms in total. The van der Waals surface area contributed by atoms with E-state index in [2.05, 4.69) is 43.8 Å². The maximum Gasteiger partial charge on any atom is 0.416 e. The summed E-state index contributed by atoms with van der Waals surface area (Å²) in [6.07, 6.45) is -2.27. The quantitative estimate of drug-likeness (QED) is 0.153. The fourth-order valence-electron chi connectivity index (χ4n) is 3.85. The van der Waals surface area contributed by atoms with E-state index in [0.717, 1.165) is 28.6 Å². The number of halogens is 3. The van der Waals surface area contributed by atoms with Gasteiger partial charge < -0.3 is 13.9 Å². The third-order valence-electron chi connectivity index (χ3n) is 7.18. The number of alkyl halides is 3. The molecule has 0 spiro atoms. The highest BCUT2D eigenvalue weighted by Gasteiger charge is 2.37. The van der Waals surface area contributed by atoms with Gasteiger partial charge in [0, 0.05) is 11.6 Å². The lowest BCUT2D eigenvalue weighted by Gasteiger charge is -2.36. The number of aromatic nitrogens is 3. The molecule has 214 valence electrons. The van der Waals surface area contributed by atoms with E-state index in [0.29, 0.717) is 17.1 Å². The van der Waals surface area contributed by atoms with Crippen molar-refractivity contribution in [2.75, 3.05) is 7.11 Å². The molecule has 3 aromatic heterocycles. The average molecular weight is 592 g/mol. The first-order valence-corrected chi connectivity index (χ1v) is 16.4. The van der Waals surface area contributed by atoms with E-state index in [-0.39, 0.29) is 21.2 Å². The summed E-state index contributed by atoms with van der Waals surface area (Å²) >= 11 is 1.09. The van der Waals surface area contributed by atoms with Gasteiger partial charge in [0.05, 0.1) is 36.7 Å². The van der Waals surface area contributed by atoms with E-state index in [9.17, 15) is 18.0 Å². The molecule has 40 heavy (non-hydrogen) atoms. The Morgan fingerprint density at radius 1 is 1.12 bits per heavy atom. The Morgan fingerprint density at radius 2 is 1.82 bits per heavy atom. The highest BCUT2D eigenvalue weighted by Crippen LogP contribution is 2.40. The van der Waals surface area contributed by atoms with Crippen LogP contribution in [0.4, 0.5) is 13.2 Å². The van der Waals surface area contributed by atoms with E-state index < -0.39 is 32.1 Å². The number of methoxy groups -OCH3 is 1. The van der Waals surface area contributed by atoms with E-state index in [1.807, 2.05) is 6.07 Å². The fraction of sp³-hybridized carbons (Fsp3) is 0.393. The first-order chi connectivity index (χ1) is 18.6. The van der Waals surface area contributed by atoms with Crippen LogP contribution in [0.5, 0.6) is 5.75 Å². The van der Waals surface area contributed by atoms with Crippen molar-refractivity contribution >= 4 is 36.7 Å². The number of fused-ring (bicyclic) bond motifs is 1. The van der Waals surface area contributed by atoms with Gasteiger partial charge in [0.25, 0.3) is 0 Å². The Labute approximate surface area is 236 Å². The highest BCUT2D eigenvalue weighted by molar-refractivity contribution is 7.16. The number of hydrogen-bond acceptors (Lipinski definition) is 7. The monoisotopic (exact) mass is 591 g/mol. The van der Waals surface area contributed by atoms with Crippen LogP contribution < -0.4 is 4.74 Å². The molecule has 0 aliphatic heterocycles. The summed E-state index contributed by atoms with van der Waals surface area (Å²) < 4.78 is 59.8. The fourth-order valence-corrected chi connectivity index (χ4v) is 5.78. The molecule has 12 heteroatoms. The molecule has 0 bridgehead atoms. The summed E-state index contributed by atoms with van der Waals surface area (Å²) in [5.41, 5.74) is 1.28. The summed E-state index contributed by atoms with van der Waals surface area (Å²) in [6.45, 7) is 12.7. The second-order valence-corrected chi connectivity index (χ2v) is 16.8. The number of rotatable bonds is 8. The number of benzene rings is 1. The maximum absolute atomic E-state index is 13.6. The molecule has 1 unspecified atom stereocenters. The van der Waals surface area contributed by atoms with Gasteiger partial charge in [0.1, 0.15) is 28.7 Å². The van der Waals surface area contributed by atoms with Gasteiger partial charge in [0.2, 0.25) is 0 Å². The first kappa shape index (κ1) is 29.8. The van der Waals surface area contributed by atoms with E-state index >= 15 is 0 Å². The Morgan fingerprint density at radius 3 is 2.48 bits per heavy atom. The normalized spacial score (nSPS) is 13.4. The molecule has 1 aromatic carbocycles. The Bertz CT molecular complexity index is 1530. The molecule has 0 fully saturated rings. The molecular formula is C28H32F3N3O4SSi. The minimum atomic E-state index is -4.55. The topological polar surface area (TPSA) is 75.5 Å². The van der Waals surface area contributed by atoms with Crippen molar-refractivity contribution in [1.29, 1.82) is 0 Å². The summed E-state index contributed by atoms with van der Waals surface area (Å²) in [5.74, 6) is -0.536. The zero-order valence-electron chi connectivity index (χ0n) is 23.4. The van der Waals surface area contributed by atoms with Gasteiger partial charge >= 0.3 is 12.1 Å². The van der Waals surface area contributed by atoms with E-state index in [1.54, 1.807) is 23.2 Å². The number of hydrogen-bond donors (Lipinski definition) is 0. The zero-order chi connectivity index (χ0) is 29.5. The third-order valence-corrected chi connectivity index (χ3v) is 12.8. The Balaban J connectivity index is 1.68. The summed E-state index contributed by atoms with van der Waals surface area (Å²) in [7, 11) is -0.759. The second kappa shape index (κ2) is 11.0. The van der Waals surface area contributed by atoms with Crippen LogP contribution in [0.15, 0.2) is 48.9 Å². The van der Waals surface area contributed by atoms with Crippen molar-refractivity contribution in [3.8, 4) is 10.8 Å².